The molecule has 0 aliphatic heterocycles. The summed E-state index contributed by atoms with van der Waals surface area (Å²) in [4.78, 5) is 6.36. The maximum absolute atomic E-state index is 13.7. The van der Waals surface area contributed by atoms with Crippen LogP contribution in [0.4, 0.5) is 9.52 Å². The molecule has 1 atom stereocenters. The van der Waals surface area contributed by atoms with Gasteiger partial charge in [-0.1, -0.05) is 18.2 Å². The van der Waals surface area contributed by atoms with Gasteiger partial charge in [-0.2, -0.15) is 0 Å². The van der Waals surface area contributed by atoms with Gasteiger partial charge in [0.15, 0.2) is 5.13 Å². The molecule has 1 heterocycles. The molecule has 96 valence electrons. The zero-order valence-corrected chi connectivity index (χ0v) is 11.2. The Morgan fingerprint density at radius 3 is 2.78 bits per heavy atom. The summed E-state index contributed by atoms with van der Waals surface area (Å²) in [5.41, 5.74) is 7.07. The lowest BCUT2D eigenvalue weighted by molar-refractivity contribution is 0.585. The van der Waals surface area contributed by atoms with Gasteiger partial charge in [-0.15, -0.1) is 11.3 Å². The molecule has 0 aliphatic carbocycles. The molecule has 0 fully saturated rings. The van der Waals surface area contributed by atoms with Crippen molar-refractivity contribution in [3.8, 4) is 0 Å². The maximum Gasteiger partial charge on any atom is 0.185 e. The second-order valence-electron chi connectivity index (χ2n) is 4.13. The van der Waals surface area contributed by atoms with Gasteiger partial charge in [-0.25, -0.2) is 9.37 Å². The summed E-state index contributed by atoms with van der Waals surface area (Å²) < 4.78 is 13.7. The molecule has 0 amide bonds. The first-order chi connectivity index (χ1) is 8.63. The van der Waals surface area contributed by atoms with Crippen molar-refractivity contribution < 1.29 is 4.39 Å². The number of rotatable bonds is 4. The highest BCUT2D eigenvalue weighted by Gasteiger charge is 2.17. The standard InChI is InChI=1S/C13H16FN3S/c1-9(11-5-3-4-6-12(11)14)17(2)13-16-10(7-15)8-18-13/h3-6,8-9H,7,15H2,1-2H3. The Kier molecular flexibility index (Phi) is 3.93. The molecule has 0 spiro atoms. The number of anilines is 1. The second kappa shape index (κ2) is 5.46. The van der Waals surface area contributed by atoms with Gasteiger partial charge in [0.2, 0.25) is 0 Å². The van der Waals surface area contributed by atoms with E-state index in [2.05, 4.69) is 4.98 Å². The van der Waals surface area contributed by atoms with Gasteiger partial charge < -0.3 is 10.6 Å². The average molecular weight is 265 g/mol. The highest BCUT2D eigenvalue weighted by Crippen LogP contribution is 2.29. The fraction of sp³-hybridized carbons (Fsp3) is 0.308. The van der Waals surface area contributed by atoms with E-state index >= 15 is 0 Å². The molecule has 1 aromatic heterocycles. The molecule has 0 saturated carbocycles. The van der Waals surface area contributed by atoms with E-state index in [1.165, 1.54) is 17.4 Å². The number of nitrogens with two attached hydrogens (primary N) is 1. The van der Waals surface area contributed by atoms with E-state index in [9.17, 15) is 4.39 Å². The number of hydrogen-bond acceptors (Lipinski definition) is 4. The summed E-state index contributed by atoms with van der Waals surface area (Å²) in [6, 6.07) is 6.75. The first kappa shape index (κ1) is 13.0. The van der Waals surface area contributed by atoms with Gasteiger partial charge in [-0.3, -0.25) is 0 Å². The van der Waals surface area contributed by atoms with Crippen LogP contribution in [0.5, 0.6) is 0 Å². The van der Waals surface area contributed by atoms with Crippen molar-refractivity contribution in [3.05, 3.63) is 46.7 Å². The van der Waals surface area contributed by atoms with Gasteiger partial charge in [0.05, 0.1) is 11.7 Å². The number of aromatic nitrogens is 1. The summed E-state index contributed by atoms with van der Waals surface area (Å²) in [5, 5.41) is 2.78. The number of thiazole rings is 1. The summed E-state index contributed by atoms with van der Waals surface area (Å²) in [7, 11) is 1.91. The van der Waals surface area contributed by atoms with Gasteiger partial charge in [-0.05, 0) is 13.0 Å². The molecule has 1 aromatic carbocycles. The summed E-state index contributed by atoms with van der Waals surface area (Å²) >= 11 is 1.52. The van der Waals surface area contributed by atoms with Crippen LogP contribution in [-0.4, -0.2) is 12.0 Å². The number of halogens is 1. The molecular weight excluding hydrogens is 249 g/mol. The van der Waals surface area contributed by atoms with E-state index in [1.54, 1.807) is 12.1 Å². The SMILES string of the molecule is CC(c1ccccc1F)N(C)c1nc(CN)cs1. The minimum absolute atomic E-state index is 0.0667. The molecule has 18 heavy (non-hydrogen) atoms. The monoisotopic (exact) mass is 265 g/mol. The highest BCUT2D eigenvalue weighted by molar-refractivity contribution is 7.13. The third kappa shape index (κ3) is 2.52. The van der Waals surface area contributed by atoms with Gasteiger partial charge in [0.1, 0.15) is 5.82 Å². The third-order valence-electron chi connectivity index (χ3n) is 2.99. The van der Waals surface area contributed by atoms with Gasteiger partial charge in [0.25, 0.3) is 0 Å². The van der Waals surface area contributed by atoms with Crippen molar-refractivity contribution >= 4 is 16.5 Å². The summed E-state index contributed by atoms with van der Waals surface area (Å²) in [6.45, 7) is 2.39. The smallest absolute Gasteiger partial charge is 0.185 e. The molecule has 3 nitrogen and oxygen atoms in total. The minimum Gasteiger partial charge on any atom is -0.344 e. The zero-order chi connectivity index (χ0) is 13.1. The van der Waals surface area contributed by atoms with Gasteiger partial charge in [0, 0.05) is 24.5 Å². The predicted molar refractivity (Wildman–Crippen MR) is 73.2 cm³/mol. The van der Waals surface area contributed by atoms with Crippen LogP contribution in [0, 0.1) is 5.82 Å². The van der Waals surface area contributed by atoms with E-state index in [4.69, 9.17) is 5.73 Å². The summed E-state index contributed by atoms with van der Waals surface area (Å²) in [6.07, 6.45) is 0. The lowest BCUT2D eigenvalue weighted by Crippen LogP contribution is -2.22. The highest BCUT2D eigenvalue weighted by atomic mass is 32.1. The molecule has 2 N–H and O–H groups in total. The summed E-state index contributed by atoms with van der Waals surface area (Å²) in [5.74, 6) is -0.188. The second-order valence-corrected chi connectivity index (χ2v) is 4.97. The van der Waals surface area contributed by atoms with Crippen molar-refractivity contribution in [2.24, 2.45) is 5.73 Å². The van der Waals surface area contributed by atoms with Crippen LogP contribution in [0.2, 0.25) is 0 Å². The van der Waals surface area contributed by atoms with Crippen molar-refractivity contribution in [3.63, 3.8) is 0 Å². The molecule has 0 bridgehead atoms. The van der Waals surface area contributed by atoms with Crippen LogP contribution < -0.4 is 10.6 Å². The lowest BCUT2D eigenvalue weighted by atomic mass is 10.1. The Labute approximate surface area is 110 Å². The van der Waals surface area contributed by atoms with Crippen LogP contribution in [0.15, 0.2) is 29.6 Å². The molecular formula is C13H16FN3S. The lowest BCUT2D eigenvalue weighted by Gasteiger charge is -2.24. The molecule has 1 unspecified atom stereocenters. The van der Waals surface area contributed by atoms with Crippen LogP contribution in [-0.2, 0) is 6.54 Å². The first-order valence-electron chi connectivity index (χ1n) is 5.75. The maximum atomic E-state index is 13.7. The van der Waals surface area contributed by atoms with Crippen LogP contribution in [0.1, 0.15) is 24.2 Å². The Morgan fingerprint density at radius 1 is 1.44 bits per heavy atom. The van der Waals surface area contributed by atoms with Crippen LogP contribution in [0.3, 0.4) is 0 Å². The Hall–Kier alpha value is -1.46. The zero-order valence-electron chi connectivity index (χ0n) is 10.4. The molecule has 0 aliphatic rings. The molecule has 0 radical (unpaired) electrons. The number of nitrogens with zero attached hydrogens (tertiary/aromatic N) is 2. The molecule has 5 heteroatoms. The van der Waals surface area contributed by atoms with E-state index in [1.807, 2.05) is 30.3 Å². The van der Waals surface area contributed by atoms with E-state index in [0.29, 0.717) is 12.1 Å². The van der Waals surface area contributed by atoms with E-state index < -0.39 is 0 Å². The fourth-order valence-electron chi connectivity index (χ4n) is 1.74. The average Bonchev–Trinajstić information content (AvgIpc) is 2.86. The van der Waals surface area contributed by atoms with E-state index in [-0.39, 0.29) is 11.9 Å². The Bertz CT molecular complexity index is 526. The molecule has 2 aromatic rings. The largest absolute Gasteiger partial charge is 0.344 e. The number of hydrogen-bond donors (Lipinski definition) is 1. The van der Waals surface area contributed by atoms with E-state index in [0.717, 1.165) is 10.8 Å². The van der Waals surface area contributed by atoms with Crippen LogP contribution >= 0.6 is 11.3 Å². The quantitative estimate of drug-likeness (QED) is 0.924. The van der Waals surface area contributed by atoms with Crippen LogP contribution in [0.25, 0.3) is 0 Å². The Morgan fingerprint density at radius 2 is 2.17 bits per heavy atom. The number of benzene rings is 1. The Balaban J connectivity index is 2.23. The molecule has 0 saturated heterocycles. The van der Waals surface area contributed by atoms with Crippen molar-refractivity contribution in [1.29, 1.82) is 0 Å². The predicted octanol–water partition coefficient (Wildman–Crippen LogP) is 2.94. The van der Waals surface area contributed by atoms with Gasteiger partial charge >= 0.3 is 0 Å². The third-order valence-corrected chi connectivity index (χ3v) is 3.97. The fourth-order valence-corrected chi connectivity index (χ4v) is 2.62. The first-order valence-corrected chi connectivity index (χ1v) is 6.63. The van der Waals surface area contributed by atoms with Crippen molar-refractivity contribution in [1.82, 2.24) is 4.98 Å². The molecule has 2 rings (SSSR count). The minimum atomic E-state index is -0.188. The van der Waals surface area contributed by atoms with Crippen molar-refractivity contribution in [2.45, 2.75) is 19.5 Å². The van der Waals surface area contributed by atoms with Crippen molar-refractivity contribution in [2.75, 3.05) is 11.9 Å². The topological polar surface area (TPSA) is 42.2 Å². The normalized spacial score (nSPS) is 12.4.